The summed E-state index contributed by atoms with van der Waals surface area (Å²) in [5, 5.41) is 5.94. The highest BCUT2D eigenvalue weighted by Gasteiger charge is 2.17. The maximum Gasteiger partial charge on any atom is 0.294 e. The number of rotatable bonds is 5. The van der Waals surface area contributed by atoms with E-state index in [0.717, 1.165) is 10.9 Å². The van der Waals surface area contributed by atoms with E-state index in [1.54, 1.807) is 18.2 Å². The Hall–Kier alpha value is -3.01. The summed E-state index contributed by atoms with van der Waals surface area (Å²) in [7, 11) is -1.83. The van der Waals surface area contributed by atoms with Crippen LogP contribution < -0.4 is 10.7 Å². The zero-order chi connectivity index (χ0) is 20.8. The number of fused-ring (bicyclic) bond motifs is 3. The summed E-state index contributed by atoms with van der Waals surface area (Å²) in [6, 6.07) is 13.8. The number of nitrogens with zero attached hydrogens (tertiary/aromatic N) is 2. The van der Waals surface area contributed by atoms with Gasteiger partial charge in [-0.3, -0.25) is 9.69 Å². The largest absolute Gasteiger partial charge is 0.449 e. The second kappa shape index (κ2) is 7.11. The Morgan fingerprint density at radius 2 is 1.86 bits per heavy atom. The third kappa shape index (κ3) is 3.67. The molecule has 150 valence electrons. The molecular formula is C20H20N4O4S. The van der Waals surface area contributed by atoms with Crippen molar-refractivity contribution in [1.82, 2.24) is 14.9 Å². The molecule has 0 aliphatic carbocycles. The van der Waals surface area contributed by atoms with E-state index in [0.29, 0.717) is 23.5 Å². The predicted molar refractivity (Wildman–Crippen MR) is 110 cm³/mol. The van der Waals surface area contributed by atoms with Crippen molar-refractivity contribution < 1.29 is 12.8 Å². The summed E-state index contributed by atoms with van der Waals surface area (Å²) in [5.41, 5.74) is 1.97. The number of hydrogen-bond acceptors (Lipinski definition) is 6. The molecule has 29 heavy (non-hydrogen) atoms. The number of primary sulfonamides is 1. The van der Waals surface area contributed by atoms with E-state index in [-0.39, 0.29) is 22.1 Å². The molecule has 4 rings (SSSR count). The van der Waals surface area contributed by atoms with Gasteiger partial charge in [0.05, 0.1) is 11.4 Å². The molecule has 0 saturated carbocycles. The topological polar surface area (TPSA) is 122 Å². The molecule has 2 aromatic heterocycles. The third-order valence-electron chi connectivity index (χ3n) is 5.03. The Bertz CT molecular complexity index is 1360. The summed E-state index contributed by atoms with van der Waals surface area (Å²) >= 11 is 0. The minimum Gasteiger partial charge on any atom is -0.449 e. The number of nitrogens with one attached hydrogen (secondary N) is 1. The lowest BCUT2D eigenvalue weighted by Gasteiger charge is -2.24. The van der Waals surface area contributed by atoms with Gasteiger partial charge in [0, 0.05) is 11.4 Å². The average Bonchev–Trinajstić information content (AvgIpc) is 3.06. The maximum absolute atomic E-state index is 12.4. The van der Waals surface area contributed by atoms with E-state index in [1.165, 1.54) is 12.1 Å². The molecule has 0 aliphatic rings. The summed E-state index contributed by atoms with van der Waals surface area (Å²) in [6.45, 7) is 2.37. The molecule has 0 spiro atoms. The minimum absolute atomic E-state index is 0.0494. The minimum atomic E-state index is -3.72. The molecule has 3 N–H and O–H groups in total. The van der Waals surface area contributed by atoms with Crippen LogP contribution in [0, 0.1) is 0 Å². The van der Waals surface area contributed by atoms with Crippen LogP contribution in [0.25, 0.3) is 22.1 Å². The number of nitrogens with two attached hydrogens (primary N) is 1. The quantitative estimate of drug-likeness (QED) is 0.519. The first-order chi connectivity index (χ1) is 13.7. The monoisotopic (exact) mass is 412 g/mol. The third-order valence-corrected chi connectivity index (χ3v) is 5.96. The average molecular weight is 412 g/mol. The molecule has 0 fully saturated rings. The van der Waals surface area contributed by atoms with Gasteiger partial charge >= 0.3 is 0 Å². The van der Waals surface area contributed by atoms with E-state index in [1.807, 2.05) is 37.1 Å². The Balaban J connectivity index is 1.62. The van der Waals surface area contributed by atoms with Crippen LogP contribution in [-0.2, 0) is 16.6 Å². The Labute approximate surface area is 167 Å². The first-order valence-electron chi connectivity index (χ1n) is 8.97. The number of aromatic nitrogens is 2. The van der Waals surface area contributed by atoms with Crippen molar-refractivity contribution in [2.45, 2.75) is 24.4 Å². The molecule has 1 atom stereocenters. The van der Waals surface area contributed by atoms with Gasteiger partial charge in [0.1, 0.15) is 16.9 Å². The molecule has 0 bridgehead atoms. The van der Waals surface area contributed by atoms with Crippen LogP contribution in [0.3, 0.4) is 0 Å². The van der Waals surface area contributed by atoms with Crippen molar-refractivity contribution in [1.29, 1.82) is 0 Å². The normalized spacial score (nSPS) is 13.4. The van der Waals surface area contributed by atoms with E-state index >= 15 is 0 Å². The summed E-state index contributed by atoms with van der Waals surface area (Å²) in [5.74, 6) is 0.518. The van der Waals surface area contributed by atoms with Gasteiger partial charge < -0.3 is 9.40 Å². The van der Waals surface area contributed by atoms with Gasteiger partial charge in [0.25, 0.3) is 5.56 Å². The molecule has 9 heteroatoms. The van der Waals surface area contributed by atoms with Gasteiger partial charge in [0.2, 0.25) is 15.6 Å². The van der Waals surface area contributed by atoms with Crippen LogP contribution in [0.4, 0.5) is 0 Å². The van der Waals surface area contributed by atoms with Crippen LogP contribution in [0.15, 0.2) is 62.6 Å². The van der Waals surface area contributed by atoms with Crippen molar-refractivity contribution >= 4 is 32.1 Å². The van der Waals surface area contributed by atoms with E-state index in [4.69, 9.17) is 9.56 Å². The smallest absolute Gasteiger partial charge is 0.294 e. The number of hydrogen-bond donors (Lipinski definition) is 2. The fraction of sp³-hybridized carbons (Fsp3) is 0.200. The summed E-state index contributed by atoms with van der Waals surface area (Å²) in [6.07, 6.45) is 0. The lowest BCUT2D eigenvalue weighted by molar-refractivity contribution is 0.247. The number of para-hydroxylation sites is 1. The van der Waals surface area contributed by atoms with Gasteiger partial charge in [-0.2, -0.15) is 0 Å². The molecular weight excluding hydrogens is 392 g/mol. The highest BCUT2D eigenvalue weighted by molar-refractivity contribution is 7.89. The standard InChI is InChI=1S/C20H20N4O4S/c1-12(13-7-9-14(10-8-13)29(21,26)27)24(2)11-17-22-18-15-5-3-4-6-16(15)28-19(18)20(25)23-17/h3-10,12H,11H2,1-2H3,(H2,21,26,27)(H,22,23,25). The first kappa shape index (κ1) is 19.3. The van der Waals surface area contributed by atoms with Crippen LogP contribution >= 0.6 is 0 Å². The van der Waals surface area contributed by atoms with Crippen LogP contribution in [0.5, 0.6) is 0 Å². The van der Waals surface area contributed by atoms with Crippen LogP contribution in [0.2, 0.25) is 0 Å². The fourth-order valence-corrected chi connectivity index (χ4v) is 3.80. The first-order valence-corrected chi connectivity index (χ1v) is 10.5. The van der Waals surface area contributed by atoms with Gasteiger partial charge in [-0.15, -0.1) is 0 Å². The lowest BCUT2D eigenvalue weighted by Crippen LogP contribution is -2.25. The van der Waals surface area contributed by atoms with Gasteiger partial charge in [-0.1, -0.05) is 24.3 Å². The number of benzene rings is 2. The molecule has 0 amide bonds. The van der Waals surface area contributed by atoms with E-state index in [2.05, 4.69) is 9.97 Å². The van der Waals surface area contributed by atoms with Crippen molar-refractivity contribution in [3.05, 3.63) is 70.3 Å². The van der Waals surface area contributed by atoms with Crippen molar-refractivity contribution in [2.75, 3.05) is 7.05 Å². The van der Waals surface area contributed by atoms with Gasteiger partial charge in [-0.25, -0.2) is 18.5 Å². The zero-order valence-corrected chi connectivity index (χ0v) is 16.7. The summed E-state index contributed by atoms with van der Waals surface area (Å²) in [4.78, 5) is 21.9. The molecule has 2 heterocycles. The second-order valence-corrected chi connectivity index (χ2v) is 8.56. The number of sulfonamides is 1. The molecule has 8 nitrogen and oxygen atoms in total. The molecule has 1 unspecified atom stereocenters. The van der Waals surface area contributed by atoms with E-state index < -0.39 is 10.0 Å². The molecule has 0 aliphatic heterocycles. The predicted octanol–water partition coefficient (Wildman–Crippen LogP) is 2.51. The zero-order valence-electron chi connectivity index (χ0n) is 15.9. The van der Waals surface area contributed by atoms with Crippen LogP contribution in [-0.4, -0.2) is 30.3 Å². The van der Waals surface area contributed by atoms with Crippen molar-refractivity contribution in [3.8, 4) is 0 Å². The molecule has 0 radical (unpaired) electrons. The Kier molecular flexibility index (Phi) is 4.73. The van der Waals surface area contributed by atoms with Crippen molar-refractivity contribution in [2.24, 2.45) is 5.14 Å². The number of furan rings is 1. The number of H-pyrrole nitrogens is 1. The van der Waals surface area contributed by atoms with Crippen LogP contribution in [0.1, 0.15) is 24.4 Å². The van der Waals surface area contributed by atoms with Crippen molar-refractivity contribution in [3.63, 3.8) is 0 Å². The summed E-state index contributed by atoms with van der Waals surface area (Å²) < 4.78 is 28.5. The van der Waals surface area contributed by atoms with Gasteiger partial charge in [-0.05, 0) is 43.8 Å². The Morgan fingerprint density at radius 1 is 1.17 bits per heavy atom. The van der Waals surface area contributed by atoms with E-state index in [9.17, 15) is 13.2 Å². The number of aromatic amines is 1. The lowest BCUT2D eigenvalue weighted by atomic mass is 10.1. The highest BCUT2D eigenvalue weighted by Crippen LogP contribution is 2.25. The fourth-order valence-electron chi connectivity index (χ4n) is 3.29. The molecule has 4 aromatic rings. The van der Waals surface area contributed by atoms with Gasteiger partial charge in [0.15, 0.2) is 0 Å². The highest BCUT2D eigenvalue weighted by atomic mass is 32.2. The molecule has 0 saturated heterocycles. The maximum atomic E-state index is 12.4. The SMILES string of the molecule is CC(c1ccc(S(N)(=O)=O)cc1)N(C)Cc1nc2c(oc3ccccc32)c(=O)[nH]1. The Morgan fingerprint density at radius 3 is 2.55 bits per heavy atom. The second-order valence-electron chi connectivity index (χ2n) is 6.99. The molecule has 2 aromatic carbocycles.